The minimum absolute atomic E-state index is 0.0475. The lowest BCUT2D eigenvalue weighted by Crippen LogP contribution is -2.48. The van der Waals surface area contributed by atoms with E-state index in [1.54, 1.807) is 9.58 Å². The third-order valence-electron chi connectivity index (χ3n) is 5.00. The van der Waals surface area contributed by atoms with Crippen molar-refractivity contribution >= 4 is 5.91 Å². The van der Waals surface area contributed by atoms with Crippen LogP contribution in [0.1, 0.15) is 21.7 Å². The van der Waals surface area contributed by atoms with Crippen molar-refractivity contribution in [1.29, 1.82) is 0 Å². The van der Waals surface area contributed by atoms with Gasteiger partial charge in [-0.25, -0.2) is 0 Å². The quantitative estimate of drug-likeness (QED) is 0.654. The van der Waals surface area contributed by atoms with Gasteiger partial charge in [0.2, 0.25) is 0 Å². The van der Waals surface area contributed by atoms with E-state index in [-0.39, 0.29) is 5.56 Å². The van der Waals surface area contributed by atoms with E-state index in [1.165, 1.54) is 12.1 Å². The van der Waals surface area contributed by atoms with Crippen molar-refractivity contribution in [3.8, 4) is 5.69 Å². The Kier molecular flexibility index (Phi) is 5.49. The highest BCUT2D eigenvalue weighted by Crippen LogP contribution is 2.29. The molecule has 0 bridgehead atoms. The lowest BCUT2D eigenvalue weighted by Gasteiger charge is -2.34. The number of nitrogens with zero attached hydrogens (tertiary/aromatic N) is 6. The highest BCUT2D eigenvalue weighted by atomic mass is 19.4. The van der Waals surface area contributed by atoms with E-state index in [9.17, 15) is 18.0 Å². The van der Waals surface area contributed by atoms with Gasteiger partial charge in [0.25, 0.3) is 5.91 Å². The molecular formula is C20H19F3N6O. The maximum atomic E-state index is 12.9. The molecule has 1 aromatic heterocycles. The summed E-state index contributed by atoms with van der Waals surface area (Å²) in [7, 11) is 0. The fourth-order valence-corrected chi connectivity index (χ4v) is 3.39. The summed E-state index contributed by atoms with van der Waals surface area (Å²) in [5.74, 6) is 0.286. The molecule has 0 spiro atoms. The Morgan fingerprint density at radius 3 is 2.40 bits per heavy atom. The molecule has 0 unspecified atom stereocenters. The number of piperazine rings is 1. The molecule has 156 valence electrons. The fourth-order valence-electron chi connectivity index (χ4n) is 3.39. The molecule has 1 amide bonds. The van der Waals surface area contributed by atoms with Crippen LogP contribution in [0.2, 0.25) is 0 Å². The highest BCUT2D eigenvalue weighted by Gasteiger charge is 2.31. The third-order valence-corrected chi connectivity index (χ3v) is 5.00. The first-order chi connectivity index (χ1) is 14.4. The summed E-state index contributed by atoms with van der Waals surface area (Å²) in [4.78, 5) is 16.3. The topological polar surface area (TPSA) is 67.2 Å². The number of para-hydroxylation sites is 1. The number of amides is 1. The largest absolute Gasteiger partial charge is 0.416 e. The van der Waals surface area contributed by atoms with Gasteiger partial charge in [-0.05, 0) is 40.8 Å². The van der Waals surface area contributed by atoms with Crippen molar-refractivity contribution in [2.75, 3.05) is 26.2 Å². The molecule has 1 fully saturated rings. The lowest BCUT2D eigenvalue weighted by atomic mass is 10.1. The Bertz CT molecular complexity index is 1010. The second kappa shape index (κ2) is 8.23. The van der Waals surface area contributed by atoms with Crippen LogP contribution in [-0.2, 0) is 12.7 Å². The normalized spacial score (nSPS) is 15.4. The van der Waals surface area contributed by atoms with Crippen molar-refractivity contribution in [3.63, 3.8) is 0 Å². The summed E-state index contributed by atoms with van der Waals surface area (Å²) < 4.78 is 40.4. The number of rotatable bonds is 4. The number of alkyl halides is 3. The second-order valence-electron chi connectivity index (χ2n) is 6.99. The minimum Gasteiger partial charge on any atom is -0.336 e. The molecule has 4 rings (SSSR count). The minimum atomic E-state index is -4.47. The van der Waals surface area contributed by atoms with Gasteiger partial charge < -0.3 is 4.90 Å². The lowest BCUT2D eigenvalue weighted by molar-refractivity contribution is -0.137. The molecular weight excluding hydrogens is 397 g/mol. The molecule has 0 saturated carbocycles. The summed E-state index contributed by atoms with van der Waals surface area (Å²) in [6.45, 7) is 2.50. The summed E-state index contributed by atoms with van der Waals surface area (Å²) in [6.07, 6.45) is -4.47. The Balaban J connectivity index is 1.38. The smallest absolute Gasteiger partial charge is 0.336 e. The first kappa shape index (κ1) is 20.0. The zero-order valence-corrected chi connectivity index (χ0v) is 16.0. The molecule has 10 heteroatoms. The van der Waals surface area contributed by atoms with Gasteiger partial charge in [-0.15, -0.1) is 5.10 Å². The van der Waals surface area contributed by atoms with E-state index >= 15 is 0 Å². The van der Waals surface area contributed by atoms with Gasteiger partial charge in [0.1, 0.15) is 0 Å². The predicted molar refractivity (Wildman–Crippen MR) is 102 cm³/mol. The molecule has 1 saturated heterocycles. The van der Waals surface area contributed by atoms with Crippen LogP contribution in [0.5, 0.6) is 0 Å². The van der Waals surface area contributed by atoms with E-state index in [2.05, 4.69) is 20.4 Å². The number of benzene rings is 2. The van der Waals surface area contributed by atoms with Crippen LogP contribution >= 0.6 is 0 Å². The summed E-state index contributed by atoms with van der Waals surface area (Å²) in [6, 6.07) is 14.1. The van der Waals surface area contributed by atoms with Crippen LogP contribution in [0, 0.1) is 0 Å². The summed E-state index contributed by atoms with van der Waals surface area (Å²) >= 11 is 0. The summed E-state index contributed by atoms with van der Waals surface area (Å²) in [5.41, 5.74) is 0.0851. The van der Waals surface area contributed by atoms with Crippen LogP contribution in [0.25, 0.3) is 5.69 Å². The molecule has 0 atom stereocenters. The van der Waals surface area contributed by atoms with Gasteiger partial charge in [-0.2, -0.15) is 17.9 Å². The number of halogens is 3. The molecule has 7 nitrogen and oxygen atoms in total. The molecule has 0 radical (unpaired) electrons. The van der Waals surface area contributed by atoms with Crippen LogP contribution in [-0.4, -0.2) is 62.1 Å². The first-order valence-corrected chi connectivity index (χ1v) is 9.43. The van der Waals surface area contributed by atoms with E-state index in [0.29, 0.717) is 38.5 Å². The third kappa shape index (κ3) is 4.33. The number of carbonyl (C=O) groups excluding carboxylic acids is 1. The molecule has 2 aromatic carbocycles. The standard InChI is InChI=1S/C20H19F3N6O/c21-20(22,23)16-6-4-5-15(13-16)19(30)28-11-9-27(10-12-28)14-18-24-25-26-29(18)17-7-2-1-3-8-17/h1-8,13H,9-12,14H2. The van der Waals surface area contributed by atoms with Gasteiger partial charge in [-0.1, -0.05) is 24.3 Å². The van der Waals surface area contributed by atoms with Gasteiger partial charge in [-0.3, -0.25) is 9.69 Å². The Hall–Kier alpha value is -3.27. The number of tetrazole rings is 1. The second-order valence-corrected chi connectivity index (χ2v) is 6.99. The van der Waals surface area contributed by atoms with Crippen molar-refractivity contribution in [2.24, 2.45) is 0 Å². The van der Waals surface area contributed by atoms with Gasteiger partial charge >= 0.3 is 6.18 Å². The Morgan fingerprint density at radius 1 is 0.967 bits per heavy atom. The molecule has 1 aliphatic heterocycles. The number of hydrogen-bond acceptors (Lipinski definition) is 5. The SMILES string of the molecule is O=C(c1cccc(C(F)(F)F)c1)N1CCN(Cc2nnnn2-c2ccccc2)CC1. The number of aromatic nitrogens is 4. The molecule has 3 aromatic rings. The highest BCUT2D eigenvalue weighted by molar-refractivity contribution is 5.94. The Labute approximate surface area is 170 Å². The Morgan fingerprint density at radius 2 is 1.70 bits per heavy atom. The average Bonchev–Trinajstić information content (AvgIpc) is 3.22. The van der Waals surface area contributed by atoms with Crippen molar-refractivity contribution in [2.45, 2.75) is 12.7 Å². The van der Waals surface area contributed by atoms with Crippen molar-refractivity contribution in [3.05, 3.63) is 71.5 Å². The van der Waals surface area contributed by atoms with E-state index < -0.39 is 17.6 Å². The van der Waals surface area contributed by atoms with Crippen molar-refractivity contribution in [1.82, 2.24) is 30.0 Å². The maximum Gasteiger partial charge on any atom is 0.416 e. The number of carbonyl (C=O) groups is 1. The zero-order chi connectivity index (χ0) is 21.1. The molecule has 1 aliphatic rings. The van der Waals surface area contributed by atoms with Crippen LogP contribution in [0.3, 0.4) is 0 Å². The van der Waals surface area contributed by atoms with Crippen LogP contribution in [0.4, 0.5) is 13.2 Å². The average molecular weight is 416 g/mol. The molecule has 30 heavy (non-hydrogen) atoms. The maximum absolute atomic E-state index is 12.9. The number of hydrogen-bond donors (Lipinski definition) is 0. The fraction of sp³-hybridized carbons (Fsp3) is 0.300. The van der Waals surface area contributed by atoms with E-state index in [1.807, 2.05) is 30.3 Å². The first-order valence-electron chi connectivity index (χ1n) is 9.43. The zero-order valence-electron chi connectivity index (χ0n) is 16.0. The van der Waals surface area contributed by atoms with Crippen molar-refractivity contribution < 1.29 is 18.0 Å². The van der Waals surface area contributed by atoms with Crippen LogP contribution < -0.4 is 0 Å². The van der Waals surface area contributed by atoms with E-state index in [4.69, 9.17) is 0 Å². The molecule has 0 N–H and O–H groups in total. The van der Waals surface area contributed by atoms with Crippen LogP contribution in [0.15, 0.2) is 54.6 Å². The predicted octanol–water partition coefficient (Wildman–Crippen LogP) is 2.64. The van der Waals surface area contributed by atoms with Gasteiger partial charge in [0.05, 0.1) is 17.8 Å². The van der Waals surface area contributed by atoms with Gasteiger partial charge in [0, 0.05) is 31.7 Å². The van der Waals surface area contributed by atoms with E-state index in [0.717, 1.165) is 17.8 Å². The van der Waals surface area contributed by atoms with Gasteiger partial charge in [0.15, 0.2) is 5.82 Å². The monoisotopic (exact) mass is 416 g/mol. The summed E-state index contributed by atoms with van der Waals surface area (Å²) in [5, 5.41) is 11.9. The molecule has 2 heterocycles. The molecule has 0 aliphatic carbocycles.